The Bertz CT molecular complexity index is 312. The van der Waals surface area contributed by atoms with Gasteiger partial charge in [0.2, 0.25) is 11.8 Å². The van der Waals surface area contributed by atoms with Crippen LogP contribution in [0, 0.1) is 0 Å². The van der Waals surface area contributed by atoms with Crippen molar-refractivity contribution in [3.05, 3.63) is 0 Å². The molecule has 2 aliphatic rings. The first-order valence-corrected chi connectivity index (χ1v) is 6.64. The van der Waals surface area contributed by atoms with Crippen LogP contribution in [0.4, 0.5) is 0 Å². The molecule has 6 nitrogen and oxygen atoms in total. The van der Waals surface area contributed by atoms with E-state index in [9.17, 15) is 14.7 Å². The number of hydrogen-bond donors (Lipinski definition) is 3. The summed E-state index contributed by atoms with van der Waals surface area (Å²) < 4.78 is 0. The minimum absolute atomic E-state index is 0.00375. The van der Waals surface area contributed by atoms with Crippen molar-refractivity contribution in [2.75, 3.05) is 26.2 Å². The maximum atomic E-state index is 12.4. The minimum Gasteiger partial charge on any atom is -0.394 e. The lowest BCUT2D eigenvalue weighted by atomic mass is 10.1. The van der Waals surface area contributed by atoms with Gasteiger partial charge in [-0.3, -0.25) is 14.9 Å². The van der Waals surface area contributed by atoms with Crippen molar-refractivity contribution < 1.29 is 14.7 Å². The van der Waals surface area contributed by atoms with Crippen LogP contribution in [0.2, 0.25) is 0 Å². The molecule has 0 aromatic carbocycles. The van der Waals surface area contributed by atoms with E-state index in [0.29, 0.717) is 13.1 Å². The molecule has 6 heteroatoms. The summed E-state index contributed by atoms with van der Waals surface area (Å²) >= 11 is 0. The maximum Gasteiger partial charge on any atom is 0.241 e. The van der Waals surface area contributed by atoms with Crippen molar-refractivity contribution in [3.8, 4) is 0 Å². The Morgan fingerprint density at radius 2 is 2.22 bits per heavy atom. The molecule has 0 radical (unpaired) electrons. The van der Waals surface area contributed by atoms with Crippen LogP contribution in [0.5, 0.6) is 0 Å². The quantitative estimate of drug-likeness (QED) is 0.581. The summed E-state index contributed by atoms with van der Waals surface area (Å²) in [5, 5.41) is 15.0. The molecule has 2 unspecified atom stereocenters. The van der Waals surface area contributed by atoms with E-state index in [1.807, 2.05) is 0 Å². The molecule has 0 spiro atoms. The Balaban J connectivity index is 1.98. The monoisotopic (exact) mass is 255 g/mol. The van der Waals surface area contributed by atoms with E-state index in [0.717, 1.165) is 25.7 Å². The van der Waals surface area contributed by atoms with Crippen LogP contribution in [0.25, 0.3) is 0 Å². The molecule has 0 bridgehead atoms. The molecule has 2 saturated heterocycles. The predicted octanol–water partition coefficient (Wildman–Crippen LogP) is -1.16. The van der Waals surface area contributed by atoms with Gasteiger partial charge in [0, 0.05) is 13.1 Å². The van der Waals surface area contributed by atoms with E-state index < -0.39 is 0 Å². The number of nitrogens with zero attached hydrogens (tertiary/aromatic N) is 1. The fraction of sp³-hybridized carbons (Fsp3) is 0.833. The molecule has 102 valence electrons. The third-order valence-electron chi connectivity index (χ3n) is 3.68. The molecular formula is C12H21N3O3. The number of likely N-dealkylation sites (tertiary alicyclic amines) is 1. The topological polar surface area (TPSA) is 81.7 Å². The summed E-state index contributed by atoms with van der Waals surface area (Å²) in [5.74, 6) is -0.0791. The van der Waals surface area contributed by atoms with E-state index in [2.05, 4.69) is 10.6 Å². The molecule has 3 N–H and O–H groups in total. The summed E-state index contributed by atoms with van der Waals surface area (Å²) in [7, 11) is 0. The van der Waals surface area contributed by atoms with Crippen LogP contribution in [-0.2, 0) is 9.59 Å². The molecule has 0 saturated carbocycles. The third kappa shape index (κ3) is 3.00. The second-order valence-electron chi connectivity index (χ2n) is 4.95. The number of aliphatic hydroxyl groups is 1. The molecule has 2 aliphatic heterocycles. The van der Waals surface area contributed by atoms with E-state index in [1.54, 1.807) is 4.90 Å². The van der Waals surface area contributed by atoms with Crippen molar-refractivity contribution in [2.24, 2.45) is 0 Å². The Labute approximate surface area is 107 Å². The second-order valence-corrected chi connectivity index (χ2v) is 4.95. The summed E-state index contributed by atoms with van der Waals surface area (Å²) in [5.41, 5.74) is 0. The Hall–Kier alpha value is -1.14. The van der Waals surface area contributed by atoms with Crippen molar-refractivity contribution in [1.82, 2.24) is 15.5 Å². The first-order chi connectivity index (χ1) is 8.72. The van der Waals surface area contributed by atoms with Gasteiger partial charge in [0.05, 0.1) is 19.2 Å². The van der Waals surface area contributed by atoms with E-state index in [1.165, 1.54) is 0 Å². The van der Waals surface area contributed by atoms with Gasteiger partial charge >= 0.3 is 0 Å². The van der Waals surface area contributed by atoms with Gasteiger partial charge in [-0.1, -0.05) is 12.8 Å². The zero-order valence-corrected chi connectivity index (χ0v) is 10.5. The molecule has 0 aromatic heterocycles. The Kier molecular flexibility index (Phi) is 4.54. The van der Waals surface area contributed by atoms with Gasteiger partial charge in [-0.05, 0) is 12.8 Å². The molecule has 2 amide bonds. The standard InChI is InChI=1S/C12H21N3O3/c16-8-9-4-2-1-3-5-15(9)12(18)10-6-14-11(17)7-13-10/h9-10,13,16H,1-8H2,(H,14,17). The predicted molar refractivity (Wildman–Crippen MR) is 65.9 cm³/mol. The van der Waals surface area contributed by atoms with Gasteiger partial charge in [-0.25, -0.2) is 0 Å². The highest BCUT2D eigenvalue weighted by atomic mass is 16.3. The van der Waals surface area contributed by atoms with Crippen molar-refractivity contribution in [1.29, 1.82) is 0 Å². The SMILES string of the molecule is O=C1CNC(C(=O)N2CCCCCC2CO)CN1. The number of aliphatic hydroxyl groups excluding tert-OH is 1. The van der Waals surface area contributed by atoms with Crippen LogP contribution in [0.1, 0.15) is 25.7 Å². The number of carbonyl (C=O) groups excluding carboxylic acids is 2. The second kappa shape index (κ2) is 6.15. The summed E-state index contributed by atoms with van der Waals surface area (Å²) in [6, 6.07) is -0.422. The lowest BCUT2D eigenvalue weighted by Gasteiger charge is -2.33. The van der Waals surface area contributed by atoms with Crippen LogP contribution in [0.15, 0.2) is 0 Å². The fourth-order valence-electron chi connectivity index (χ4n) is 2.60. The van der Waals surface area contributed by atoms with Gasteiger partial charge in [-0.2, -0.15) is 0 Å². The molecule has 2 heterocycles. The summed E-state index contributed by atoms with van der Waals surface area (Å²) in [6.07, 6.45) is 4.02. The maximum absolute atomic E-state index is 12.4. The summed E-state index contributed by atoms with van der Waals surface area (Å²) in [4.78, 5) is 25.2. The normalized spacial score (nSPS) is 29.6. The smallest absolute Gasteiger partial charge is 0.241 e. The van der Waals surface area contributed by atoms with Crippen LogP contribution in [-0.4, -0.2) is 60.1 Å². The first-order valence-electron chi connectivity index (χ1n) is 6.64. The average molecular weight is 255 g/mol. The van der Waals surface area contributed by atoms with Crippen molar-refractivity contribution in [2.45, 2.75) is 37.8 Å². The summed E-state index contributed by atoms with van der Waals surface area (Å²) in [6.45, 7) is 1.25. The first kappa shape index (κ1) is 13.3. The number of piperazine rings is 1. The van der Waals surface area contributed by atoms with Gasteiger partial charge in [0.15, 0.2) is 0 Å². The Morgan fingerprint density at radius 1 is 1.39 bits per heavy atom. The van der Waals surface area contributed by atoms with E-state index >= 15 is 0 Å². The highest BCUT2D eigenvalue weighted by Crippen LogP contribution is 2.17. The van der Waals surface area contributed by atoms with E-state index in [-0.39, 0.29) is 37.0 Å². The van der Waals surface area contributed by atoms with Gasteiger partial charge in [0.1, 0.15) is 6.04 Å². The van der Waals surface area contributed by atoms with E-state index in [4.69, 9.17) is 0 Å². The number of hydrogen-bond acceptors (Lipinski definition) is 4. The highest BCUT2D eigenvalue weighted by Gasteiger charge is 2.32. The molecule has 0 aromatic rings. The highest BCUT2D eigenvalue weighted by molar-refractivity contribution is 5.87. The van der Waals surface area contributed by atoms with Crippen LogP contribution >= 0.6 is 0 Å². The molecular weight excluding hydrogens is 234 g/mol. The zero-order valence-electron chi connectivity index (χ0n) is 10.5. The number of carbonyl (C=O) groups is 2. The molecule has 18 heavy (non-hydrogen) atoms. The van der Waals surface area contributed by atoms with Gasteiger partial charge < -0.3 is 15.3 Å². The molecule has 2 atom stereocenters. The van der Waals surface area contributed by atoms with Gasteiger partial charge in [-0.15, -0.1) is 0 Å². The molecule has 2 rings (SSSR count). The number of rotatable bonds is 2. The van der Waals surface area contributed by atoms with Gasteiger partial charge in [0.25, 0.3) is 0 Å². The number of nitrogens with one attached hydrogen (secondary N) is 2. The van der Waals surface area contributed by atoms with Crippen LogP contribution in [0.3, 0.4) is 0 Å². The zero-order chi connectivity index (χ0) is 13.0. The lowest BCUT2D eigenvalue weighted by Crippen LogP contribution is -2.60. The lowest BCUT2D eigenvalue weighted by molar-refractivity contribution is -0.137. The fourth-order valence-corrected chi connectivity index (χ4v) is 2.60. The largest absolute Gasteiger partial charge is 0.394 e. The minimum atomic E-state index is -0.352. The Morgan fingerprint density at radius 3 is 2.89 bits per heavy atom. The molecule has 0 aliphatic carbocycles. The van der Waals surface area contributed by atoms with Crippen molar-refractivity contribution >= 4 is 11.8 Å². The number of amides is 2. The van der Waals surface area contributed by atoms with Crippen molar-refractivity contribution in [3.63, 3.8) is 0 Å². The van der Waals surface area contributed by atoms with Crippen LogP contribution < -0.4 is 10.6 Å². The molecule has 2 fully saturated rings. The third-order valence-corrected chi connectivity index (χ3v) is 3.68. The average Bonchev–Trinajstić information content (AvgIpc) is 2.63.